The standard InChI is InChI=1S/C12H23N3O2/c1-3-9-11(16)14-6-7-15(9)10-8-13-5-4-12(10,2)17/h9-10,13,17H,3-8H2,1-2H3,(H,14,16). The zero-order valence-corrected chi connectivity index (χ0v) is 10.7. The van der Waals surface area contributed by atoms with Crippen molar-refractivity contribution in [2.75, 3.05) is 26.2 Å². The molecule has 0 spiro atoms. The minimum absolute atomic E-state index is 0.0345. The summed E-state index contributed by atoms with van der Waals surface area (Å²) in [5, 5.41) is 16.7. The molecule has 0 aromatic carbocycles. The van der Waals surface area contributed by atoms with Crippen LogP contribution in [0.1, 0.15) is 26.7 Å². The first-order valence-electron chi connectivity index (χ1n) is 6.53. The number of hydrogen-bond donors (Lipinski definition) is 3. The molecule has 3 atom stereocenters. The van der Waals surface area contributed by atoms with E-state index < -0.39 is 5.60 Å². The van der Waals surface area contributed by atoms with Crippen molar-refractivity contribution in [2.24, 2.45) is 0 Å². The lowest BCUT2D eigenvalue weighted by Crippen LogP contribution is -2.67. The summed E-state index contributed by atoms with van der Waals surface area (Å²) in [7, 11) is 0. The summed E-state index contributed by atoms with van der Waals surface area (Å²) >= 11 is 0. The van der Waals surface area contributed by atoms with Crippen LogP contribution < -0.4 is 10.6 Å². The number of carbonyl (C=O) groups excluding carboxylic acids is 1. The Hall–Kier alpha value is -0.650. The van der Waals surface area contributed by atoms with E-state index >= 15 is 0 Å². The lowest BCUT2D eigenvalue weighted by Gasteiger charge is -2.48. The normalized spacial score (nSPS) is 40.1. The number of piperazine rings is 1. The van der Waals surface area contributed by atoms with E-state index in [2.05, 4.69) is 15.5 Å². The molecule has 0 aromatic rings. The minimum atomic E-state index is -0.698. The molecule has 0 bridgehead atoms. The second-order valence-corrected chi connectivity index (χ2v) is 5.28. The van der Waals surface area contributed by atoms with E-state index in [0.29, 0.717) is 6.54 Å². The van der Waals surface area contributed by atoms with Crippen molar-refractivity contribution < 1.29 is 9.90 Å². The fourth-order valence-corrected chi connectivity index (χ4v) is 2.97. The van der Waals surface area contributed by atoms with Crippen LogP contribution in [-0.2, 0) is 4.79 Å². The zero-order valence-electron chi connectivity index (χ0n) is 10.7. The monoisotopic (exact) mass is 241 g/mol. The van der Waals surface area contributed by atoms with Gasteiger partial charge in [0.2, 0.25) is 5.91 Å². The molecule has 98 valence electrons. The van der Waals surface area contributed by atoms with Crippen LogP contribution in [0.2, 0.25) is 0 Å². The highest BCUT2D eigenvalue weighted by Crippen LogP contribution is 2.26. The maximum atomic E-state index is 11.8. The van der Waals surface area contributed by atoms with Gasteiger partial charge in [-0.2, -0.15) is 0 Å². The van der Waals surface area contributed by atoms with Crippen LogP contribution >= 0.6 is 0 Å². The number of carbonyl (C=O) groups is 1. The third kappa shape index (κ3) is 2.46. The van der Waals surface area contributed by atoms with Crippen LogP contribution in [0.25, 0.3) is 0 Å². The summed E-state index contributed by atoms with van der Waals surface area (Å²) in [4.78, 5) is 14.0. The van der Waals surface area contributed by atoms with Crippen LogP contribution in [0.4, 0.5) is 0 Å². The molecule has 2 heterocycles. The number of rotatable bonds is 2. The summed E-state index contributed by atoms with van der Waals surface area (Å²) in [6, 6.07) is -0.0626. The molecule has 2 saturated heterocycles. The molecule has 0 aromatic heterocycles. The maximum Gasteiger partial charge on any atom is 0.237 e. The third-order valence-electron chi connectivity index (χ3n) is 4.02. The average Bonchev–Trinajstić information content (AvgIpc) is 2.28. The molecule has 2 rings (SSSR count). The van der Waals surface area contributed by atoms with Gasteiger partial charge < -0.3 is 15.7 Å². The largest absolute Gasteiger partial charge is 0.388 e. The van der Waals surface area contributed by atoms with Gasteiger partial charge in [0.25, 0.3) is 0 Å². The van der Waals surface area contributed by atoms with E-state index in [-0.39, 0.29) is 18.0 Å². The molecule has 0 saturated carbocycles. The summed E-state index contributed by atoms with van der Waals surface area (Å²) in [5.41, 5.74) is -0.698. The fraction of sp³-hybridized carbons (Fsp3) is 0.917. The van der Waals surface area contributed by atoms with Crippen molar-refractivity contribution in [3.63, 3.8) is 0 Å². The highest BCUT2D eigenvalue weighted by Gasteiger charge is 2.43. The smallest absolute Gasteiger partial charge is 0.237 e. The average molecular weight is 241 g/mol. The van der Waals surface area contributed by atoms with E-state index in [1.54, 1.807) is 0 Å². The highest BCUT2D eigenvalue weighted by atomic mass is 16.3. The van der Waals surface area contributed by atoms with Crippen LogP contribution in [0.15, 0.2) is 0 Å². The summed E-state index contributed by atoms with van der Waals surface area (Å²) in [6.07, 6.45) is 1.53. The third-order valence-corrected chi connectivity index (χ3v) is 4.02. The van der Waals surface area contributed by atoms with E-state index in [4.69, 9.17) is 0 Å². The molecular formula is C12H23N3O2. The lowest BCUT2D eigenvalue weighted by molar-refractivity contribution is -0.136. The molecular weight excluding hydrogens is 218 g/mol. The van der Waals surface area contributed by atoms with Gasteiger partial charge in [-0.15, -0.1) is 0 Å². The van der Waals surface area contributed by atoms with Crippen LogP contribution in [0.5, 0.6) is 0 Å². The minimum Gasteiger partial charge on any atom is -0.388 e. The van der Waals surface area contributed by atoms with Gasteiger partial charge in [0, 0.05) is 19.6 Å². The Labute approximate surface area is 103 Å². The quantitative estimate of drug-likeness (QED) is 0.599. The highest BCUT2D eigenvalue weighted by molar-refractivity contribution is 5.82. The second-order valence-electron chi connectivity index (χ2n) is 5.28. The molecule has 2 aliphatic heterocycles. The predicted molar refractivity (Wildman–Crippen MR) is 65.7 cm³/mol. The molecule has 1 amide bonds. The first kappa shape index (κ1) is 12.8. The zero-order chi connectivity index (χ0) is 12.5. The van der Waals surface area contributed by atoms with Gasteiger partial charge in [-0.05, 0) is 26.3 Å². The van der Waals surface area contributed by atoms with Crippen molar-refractivity contribution in [1.29, 1.82) is 0 Å². The number of hydrogen-bond acceptors (Lipinski definition) is 4. The molecule has 0 radical (unpaired) electrons. The van der Waals surface area contributed by atoms with E-state index in [1.165, 1.54) is 0 Å². The Morgan fingerprint density at radius 3 is 2.94 bits per heavy atom. The van der Waals surface area contributed by atoms with Gasteiger partial charge in [0.15, 0.2) is 0 Å². The van der Waals surface area contributed by atoms with E-state index in [9.17, 15) is 9.90 Å². The Morgan fingerprint density at radius 1 is 1.53 bits per heavy atom. The van der Waals surface area contributed by atoms with Crippen molar-refractivity contribution in [2.45, 2.75) is 44.4 Å². The molecule has 0 aliphatic carbocycles. The van der Waals surface area contributed by atoms with Gasteiger partial charge in [-0.3, -0.25) is 9.69 Å². The number of nitrogens with one attached hydrogen (secondary N) is 2. The number of amides is 1. The van der Waals surface area contributed by atoms with Crippen LogP contribution in [0.3, 0.4) is 0 Å². The predicted octanol–water partition coefficient (Wildman–Crippen LogP) is -0.690. The topological polar surface area (TPSA) is 64.6 Å². The van der Waals surface area contributed by atoms with E-state index in [1.807, 2.05) is 13.8 Å². The summed E-state index contributed by atoms with van der Waals surface area (Å²) < 4.78 is 0. The number of aliphatic hydroxyl groups is 1. The Balaban J connectivity index is 2.15. The summed E-state index contributed by atoms with van der Waals surface area (Å²) in [5.74, 6) is 0.0973. The SMILES string of the molecule is CCC1C(=O)NCCN1C1CNCCC1(C)O. The first-order chi connectivity index (χ1) is 8.06. The second kappa shape index (κ2) is 4.92. The fourth-order valence-electron chi connectivity index (χ4n) is 2.97. The molecule has 5 nitrogen and oxygen atoms in total. The Morgan fingerprint density at radius 2 is 2.29 bits per heavy atom. The molecule has 17 heavy (non-hydrogen) atoms. The Kier molecular flexibility index (Phi) is 3.70. The molecule has 3 N–H and O–H groups in total. The van der Waals surface area contributed by atoms with Crippen molar-refractivity contribution in [1.82, 2.24) is 15.5 Å². The van der Waals surface area contributed by atoms with Crippen molar-refractivity contribution in [3.05, 3.63) is 0 Å². The Bertz CT molecular complexity index is 293. The maximum absolute atomic E-state index is 11.8. The van der Waals surface area contributed by atoms with Crippen LogP contribution in [0, 0.1) is 0 Å². The van der Waals surface area contributed by atoms with Gasteiger partial charge in [0.1, 0.15) is 0 Å². The first-order valence-corrected chi connectivity index (χ1v) is 6.53. The molecule has 2 fully saturated rings. The number of piperidine rings is 1. The van der Waals surface area contributed by atoms with E-state index in [0.717, 1.165) is 32.5 Å². The summed E-state index contributed by atoms with van der Waals surface area (Å²) in [6.45, 7) is 7.02. The molecule has 5 heteroatoms. The van der Waals surface area contributed by atoms with Crippen molar-refractivity contribution in [3.8, 4) is 0 Å². The van der Waals surface area contributed by atoms with Gasteiger partial charge in [-0.1, -0.05) is 6.92 Å². The van der Waals surface area contributed by atoms with Gasteiger partial charge in [0.05, 0.1) is 17.7 Å². The van der Waals surface area contributed by atoms with Crippen LogP contribution in [-0.4, -0.2) is 59.8 Å². The lowest BCUT2D eigenvalue weighted by atomic mass is 9.86. The van der Waals surface area contributed by atoms with Gasteiger partial charge >= 0.3 is 0 Å². The molecule has 2 aliphatic rings. The number of nitrogens with zero attached hydrogens (tertiary/aromatic N) is 1. The molecule has 3 unspecified atom stereocenters. The van der Waals surface area contributed by atoms with Gasteiger partial charge in [-0.25, -0.2) is 0 Å². The van der Waals surface area contributed by atoms with Crippen molar-refractivity contribution >= 4 is 5.91 Å².